The molecule has 0 fully saturated rings. The molecule has 0 heterocycles. The monoisotopic (exact) mass is 257 g/mol. The van der Waals surface area contributed by atoms with E-state index in [1.807, 2.05) is 0 Å². The van der Waals surface area contributed by atoms with Crippen molar-refractivity contribution in [3.8, 4) is 0 Å². The number of rotatable bonds is 6. The lowest BCUT2D eigenvalue weighted by atomic mass is 10.2. The highest BCUT2D eigenvalue weighted by molar-refractivity contribution is 5.90. The van der Waals surface area contributed by atoms with Gasteiger partial charge in [0.25, 0.3) is 0 Å². The van der Waals surface area contributed by atoms with Crippen LogP contribution < -0.4 is 5.32 Å². The first-order valence-electron chi connectivity index (χ1n) is 5.45. The molecule has 0 atom stereocenters. The minimum atomic E-state index is -0.924. The van der Waals surface area contributed by atoms with Gasteiger partial charge in [0.05, 0.1) is 5.69 Å². The summed E-state index contributed by atoms with van der Waals surface area (Å²) in [5, 5.41) is 10.6. The van der Waals surface area contributed by atoms with Crippen LogP contribution in [-0.4, -0.2) is 17.0 Å². The Morgan fingerprint density at radius 1 is 1.17 bits per heavy atom. The SMILES string of the molecule is O=C(O)CCCCC(=O)Nc1cc(F)ccc1F. The maximum Gasteiger partial charge on any atom is 0.303 e. The van der Waals surface area contributed by atoms with Gasteiger partial charge in [0.15, 0.2) is 0 Å². The molecular formula is C12H13F2NO3. The number of unbranched alkanes of at least 4 members (excludes halogenated alkanes) is 1. The molecular weight excluding hydrogens is 244 g/mol. The van der Waals surface area contributed by atoms with Crippen molar-refractivity contribution >= 4 is 17.6 Å². The molecule has 0 aromatic heterocycles. The molecule has 2 N–H and O–H groups in total. The lowest BCUT2D eigenvalue weighted by Gasteiger charge is -2.06. The van der Waals surface area contributed by atoms with E-state index in [9.17, 15) is 18.4 Å². The van der Waals surface area contributed by atoms with Crippen molar-refractivity contribution in [3.63, 3.8) is 0 Å². The fourth-order valence-electron chi connectivity index (χ4n) is 1.37. The second-order valence-corrected chi connectivity index (χ2v) is 3.77. The van der Waals surface area contributed by atoms with Crippen LogP contribution in [0.2, 0.25) is 0 Å². The topological polar surface area (TPSA) is 66.4 Å². The molecule has 1 rings (SSSR count). The van der Waals surface area contributed by atoms with Crippen LogP contribution in [0.25, 0.3) is 0 Å². The maximum atomic E-state index is 13.2. The number of hydrogen-bond acceptors (Lipinski definition) is 2. The summed E-state index contributed by atoms with van der Waals surface area (Å²) in [5.74, 6) is -2.75. The van der Waals surface area contributed by atoms with E-state index in [1.165, 1.54) is 0 Å². The number of aliphatic carboxylic acids is 1. The third-order valence-electron chi connectivity index (χ3n) is 2.25. The van der Waals surface area contributed by atoms with Gasteiger partial charge in [-0.25, -0.2) is 8.78 Å². The van der Waals surface area contributed by atoms with Crippen molar-refractivity contribution in [1.29, 1.82) is 0 Å². The summed E-state index contributed by atoms with van der Waals surface area (Å²) < 4.78 is 26.0. The smallest absolute Gasteiger partial charge is 0.303 e. The number of benzene rings is 1. The number of carbonyl (C=O) groups is 2. The van der Waals surface area contributed by atoms with E-state index in [0.717, 1.165) is 18.2 Å². The van der Waals surface area contributed by atoms with Crippen molar-refractivity contribution in [1.82, 2.24) is 0 Å². The first-order valence-corrected chi connectivity index (χ1v) is 5.45. The number of amides is 1. The normalized spacial score (nSPS) is 10.1. The Balaban J connectivity index is 2.40. The van der Waals surface area contributed by atoms with Gasteiger partial charge in [0, 0.05) is 18.9 Å². The molecule has 0 unspecified atom stereocenters. The fraction of sp³-hybridized carbons (Fsp3) is 0.333. The Hall–Kier alpha value is -1.98. The number of carboxylic acids is 1. The van der Waals surface area contributed by atoms with Gasteiger partial charge in [0.1, 0.15) is 11.6 Å². The molecule has 4 nitrogen and oxygen atoms in total. The molecule has 0 aliphatic carbocycles. The minimum Gasteiger partial charge on any atom is -0.481 e. The van der Waals surface area contributed by atoms with Crippen molar-refractivity contribution in [2.24, 2.45) is 0 Å². The molecule has 0 aliphatic rings. The molecule has 0 saturated heterocycles. The van der Waals surface area contributed by atoms with Gasteiger partial charge < -0.3 is 10.4 Å². The first-order chi connectivity index (χ1) is 8.49. The van der Waals surface area contributed by atoms with Crippen LogP contribution in [-0.2, 0) is 9.59 Å². The Morgan fingerprint density at radius 3 is 2.50 bits per heavy atom. The predicted molar refractivity (Wildman–Crippen MR) is 61.1 cm³/mol. The highest BCUT2D eigenvalue weighted by Gasteiger charge is 2.08. The highest BCUT2D eigenvalue weighted by Crippen LogP contribution is 2.15. The molecule has 6 heteroatoms. The summed E-state index contributed by atoms with van der Waals surface area (Å²) >= 11 is 0. The fourth-order valence-corrected chi connectivity index (χ4v) is 1.37. The molecule has 98 valence electrons. The van der Waals surface area contributed by atoms with Crippen LogP contribution >= 0.6 is 0 Å². The summed E-state index contributed by atoms with van der Waals surface area (Å²) in [6.07, 6.45) is 0.814. The van der Waals surface area contributed by atoms with Crippen LogP contribution in [0.1, 0.15) is 25.7 Å². The van der Waals surface area contributed by atoms with Crippen molar-refractivity contribution in [2.75, 3.05) is 5.32 Å². The lowest BCUT2D eigenvalue weighted by Crippen LogP contribution is -2.12. The van der Waals surface area contributed by atoms with Gasteiger partial charge in [-0.1, -0.05) is 0 Å². The Bertz CT molecular complexity index is 449. The van der Waals surface area contributed by atoms with E-state index in [1.54, 1.807) is 0 Å². The maximum absolute atomic E-state index is 13.2. The van der Waals surface area contributed by atoms with Crippen LogP contribution in [0, 0.1) is 11.6 Å². The average molecular weight is 257 g/mol. The zero-order chi connectivity index (χ0) is 13.5. The molecule has 1 amide bonds. The molecule has 1 aromatic rings. The third kappa shape index (κ3) is 4.90. The van der Waals surface area contributed by atoms with Gasteiger partial charge in [-0.2, -0.15) is 0 Å². The number of carbonyl (C=O) groups excluding carboxylic acids is 1. The average Bonchev–Trinajstić information content (AvgIpc) is 2.29. The summed E-state index contributed by atoms with van der Waals surface area (Å²) in [6.45, 7) is 0. The summed E-state index contributed by atoms with van der Waals surface area (Å²) in [4.78, 5) is 21.6. The highest BCUT2D eigenvalue weighted by atomic mass is 19.1. The van der Waals surface area contributed by atoms with E-state index in [4.69, 9.17) is 5.11 Å². The molecule has 0 bridgehead atoms. The zero-order valence-corrected chi connectivity index (χ0v) is 9.58. The van der Waals surface area contributed by atoms with Gasteiger partial charge in [-0.05, 0) is 25.0 Å². The van der Waals surface area contributed by atoms with Crippen LogP contribution in [0.5, 0.6) is 0 Å². The van der Waals surface area contributed by atoms with Crippen LogP contribution in [0.4, 0.5) is 14.5 Å². The largest absolute Gasteiger partial charge is 0.481 e. The predicted octanol–water partition coefficient (Wildman–Crippen LogP) is 2.55. The van der Waals surface area contributed by atoms with Gasteiger partial charge in [0.2, 0.25) is 5.91 Å². The molecule has 1 aromatic carbocycles. The van der Waals surface area contributed by atoms with Gasteiger partial charge in [-0.15, -0.1) is 0 Å². The third-order valence-corrected chi connectivity index (χ3v) is 2.25. The molecule has 0 aliphatic heterocycles. The summed E-state index contributed by atoms with van der Waals surface area (Å²) in [6, 6.07) is 2.78. The number of hydrogen-bond donors (Lipinski definition) is 2. The number of halogens is 2. The van der Waals surface area contributed by atoms with E-state index in [2.05, 4.69) is 5.32 Å². The number of carboxylic acid groups (broad SMARTS) is 1. The van der Waals surface area contributed by atoms with E-state index >= 15 is 0 Å². The lowest BCUT2D eigenvalue weighted by molar-refractivity contribution is -0.137. The van der Waals surface area contributed by atoms with E-state index in [0.29, 0.717) is 12.8 Å². The minimum absolute atomic E-state index is 0.0123. The first kappa shape index (κ1) is 14.1. The van der Waals surface area contributed by atoms with E-state index < -0.39 is 23.5 Å². The van der Waals surface area contributed by atoms with Crippen LogP contribution in [0.15, 0.2) is 18.2 Å². The second kappa shape index (κ2) is 6.68. The standard InChI is InChI=1S/C12H13F2NO3/c13-8-5-6-9(14)10(7-8)15-11(16)3-1-2-4-12(17)18/h5-7H,1-4H2,(H,15,16)(H,17,18). The van der Waals surface area contributed by atoms with Gasteiger partial charge in [-0.3, -0.25) is 9.59 Å². The van der Waals surface area contributed by atoms with Gasteiger partial charge >= 0.3 is 5.97 Å². The quantitative estimate of drug-likeness (QED) is 0.769. The number of nitrogens with one attached hydrogen (secondary N) is 1. The summed E-state index contributed by atoms with van der Waals surface area (Å²) in [5.41, 5.74) is -0.210. The number of anilines is 1. The zero-order valence-electron chi connectivity index (χ0n) is 9.58. The second-order valence-electron chi connectivity index (χ2n) is 3.77. The van der Waals surface area contributed by atoms with Crippen molar-refractivity contribution < 1.29 is 23.5 Å². The molecule has 0 spiro atoms. The van der Waals surface area contributed by atoms with Crippen molar-refractivity contribution in [2.45, 2.75) is 25.7 Å². The van der Waals surface area contributed by atoms with Crippen LogP contribution in [0.3, 0.4) is 0 Å². The summed E-state index contributed by atoms with van der Waals surface area (Å²) in [7, 11) is 0. The Morgan fingerprint density at radius 2 is 1.83 bits per heavy atom. The molecule has 0 radical (unpaired) electrons. The molecule has 18 heavy (non-hydrogen) atoms. The molecule has 0 saturated carbocycles. The Kier molecular flexibility index (Phi) is 5.23. The Labute approximate surface area is 103 Å². The van der Waals surface area contributed by atoms with Crippen molar-refractivity contribution in [3.05, 3.63) is 29.8 Å². The van der Waals surface area contributed by atoms with E-state index in [-0.39, 0.29) is 18.5 Å².